The smallest absolute Gasteiger partial charge is 0.225 e. The molecule has 0 atom stereocenters. The second-order valence-corrected chi connectivity index (χ2v) is 2.17. The molecule has 0 aliphatic carbocycles. The van der Waals surface area contributed by atoms with Crippen LogP contribution in [-0.4, -0.2) is 16.4 Å². The van der Waals surface area contributed by atoms with Crippen molar-refractivity contribution in [3.63, 3.8) is 0 Å². The van der Waals surface area contributed by atoms with Gasteiger partial charge in [0.15, 0.2) is 11.0 Å². The van der Waals surface area contributed by atoms with Gasteiger partial charge in [-0.1, -0.05) is 11.6 Å². The van der Waals surface area contributed by atoms with Crippen LogP contribution >= 0.6 is 11.6 Å². The highest BCUT2D eigenvalue weighted by Gasteiger charge is 2.04. The van der Waals surface area contributed by atoms with Crippen LogP contribution in [-0.2, 0) is 4.79 Å². The molecule has 4 N–H and O–H groups in total. The van der Waals surface area contributed by atoms with Crippen LogP contribution in [0.25, 0.3) is 0 Å². The third-order valence-electron chi connectivity index (χ3n) is 1.09. The number of hydrogen-bond acceptors (Lipinski definition) is 5. The highest BCUT2D eigenvalue weighted by atomic mass is 35.5. The van der Waals surface area contributed by atoms with Crippen LogP contribution in [0.5, 0.6) is 0 Å². The zero-order valence-electron chi connectivity index (χ0n) is 5.91. The van der Waals surface area contributed by atoms with Gasteiger partial charge in [0.25, 0.3) is 0 Å². The van der Waals surface area contributed by atoms with Crippen molar-refractivity contribution in [3.05, 3.63) is 11.5 Å². The summed E-state index contributed by atoms with van der Waals surface area (Å²) in [5.74, 6) is 0.171. The zero-order chi connectivity index (χ0) is 8.97. The van der Waals surface area contributed by atoms with Crippen LogP contribution < -0.4 is 16.6 Å². The van der Waals surface area contributed by atoms with E-state index in [0.717, 1.165) is 0 Å². The van der Waals surface area contributed by atoms with E-state index in [-0.39, 0.29) is 16.7 Å². The van der Waals surface area contributed by atoms with Gasteiger partial charge in [-0.25, -0.2) is 9.97 Å². The van der Waals surface area contributed by atoms with Gasteiger partial charge in [0.1, 0.15) is 12.0 Å². The van der Waals surface area contributed by atoms with Crippen molar-refractivity contribution in [2.24, 2.45) is 0 Å². The minimum Gasteiger partial charge on any atom is -0.382 e. The van der Waals surface area contributed by atoms with Gasteiger partial charge < -0.3 is 5.73 Å². The summed E-state index contributed by atoms with van der Waals surface area (Å²) in [5, 5.41) is 0.150. The molecular weight excluding hydrogens is 182 g/mol. The molecule has 1 aromatic rings. The molecule has 0 radical (unpaired) electrons. The number of nitrogen functional groups attached to an aromatic ring is 1. The predicted molar refractivity (Wildman–Crippen MR) is 44.3 cm³/mol. The van der Waals surface area contributed by atoms with Crippen LogP contribution in [0.1, 0.15) is 0 Å². The summed E-state index contributed by atoms with van der Waals surface area (Å²) in [6, 6.07) is 0. The first-order valence-electron chi connectivity index (χ1n) is 2.97. The van der Waals surface area contributed by atoms with E-state index in [4.69, 9.17) is 17.3 Å². The Kier molecular flexibility index (Phi) is 2.65. The van der Waals surface area contributed by atoms with Crippen molar-refractivity contribution in [2.45, 2.75) is 0 Å². The van der Waals surface area contributed by atoms with Gasteiger partial charge in [0.05, 0.1) is 0 Å². The Morgan fingerprint density at radius 3 is 2.92 bits per heavy atom. The van der Waals surface area contributed by atoms with E-state index < -0.39 is 0 Å². The van der Waals surface area contributed by atoms with E-state index in [0.29, 0.717) is 6.41 Å². The van der Waals surface area contributed by atoms with Gasteiger partial charge in [-0.05, 0) is 0 Å². The van der Waals surface area contributed by atoms with Crippen LogP contribution in [0.15, 0.2) is 6.33 Å². The number of hydrazine groups is 1. The van der Waals surface area contributed by atoms with Gasteiger partial charge in [-0.3, -0.25) is 15.6 Å². The number of halogens is 1. The number of nitrogens with one attached hydrogen (secondary N) is 2. The molecule has 0 spiro atoms. The number of anilines is 2. The van der Waals surface area contributed by atoms with Crippen LogP contribution in [0.4, 0.5) is 11.5 Å². The lowest BCUT2D eigenvalue weighted by atomic mass is 10.5. The molecule has 1 heterocycles. The van der Waals surface area contributed by atoms with E-state index >= 15 is 0 Å². The molecule has 0 aromatic carbocycles. The Morgan fingerprint density at radius 1 is 1.58 bits per heavy atom. The lowest BCUT2D eigenvalue weighted by Crippen LogP contribution is -2.20. The SMILES string of the molecule is Nc1ncnc(Cl)c1NNC=O. The standard InChI is InChI=1S/C5H6ClN5O/c6-4-3(11-10-2-12)5(7)9-1-8-4/h1-2,11H,(H,10,12)(H2,7,8,9). The fourth-order valence-corrected chi connectivity index (χ4v) is 0.781. The number of carbonyl (C=O) groups is 1. The third-order valence-corrected chi connectivity index (χ3v) is 1.37. The van der Waals surface area contributed by atoms with Gasteiger partial charge in [0, 0.05) is 0 Å². The van der Waals surface area contributed by atoms with Crippen molar-refractivity contribution in [3.8, 4) is 0 Å². The van der Waals surface area contributed by atoms with E-state index in [1.807, 2.05) is 0 Å². The number of hydrogen-bond donors (Lipinski definition) is 3. The molecule has 1 aromatic heterocycles. The molecule has 6 nitrogen and oxygen atoms in total. The van der Waals surface area contributed by atoms with Gasteiger partial charge >= 0.3 is 0 Å². The molecule has 0 fully saturated rings. The average molecular weight is 188 g/mol. The van der Waals surface area contributed by atoms with E-state index in [2.05, 4.69) is 20.8 Å². The van der Waals surface area contributed by atoms with Gasteiger partial charge in [0.2, 0.25) is 6.41 Å². The molecule has 64 valence electrons. The first-order valence-corrected chi connectivity index (χ1v) is 3.34. The minimum absolute atomic E-state index is 0.150. The summed E-state index contributed by atoms with van der Waals surface area (Å²) in [5.41, 5.74) is 10.3. The van der Waals surface area contributed by atoms with Gasteiger partial charge in [-0.15, -0.1) is 0 Å². The molecule has 1 rings (SSSR count). The minimum atomic E-state index is 0.150. The summed E-state index contributed by atoms with van der Waals surface area (Å²) < 4.78 is 0. The fraction of sp³-hybridized carbons (Fsp3) is 0. The Hall–Kier alpha value is -1.56. The van der Waals surface area contributed by atoms with E-state index in [1.54, 1.807) is 0 Å². The highest BCUT2D eigenvalue weighted by Crippen LogP contribution is 2.21. The number of nitrogens with zero attached hydrogens (tertiary/aromatic N) is 2. The molecule has 0 aliphatic heterocycles. The normalized spacial score (nSPS) is 9.08. The summed E-state index contributed by atoms with van der Waals surface area (Å²) in [7, 11) is 0. The van der Waals surface area contributed by atoms with Crippen molar-refractivity contribution in [1.82, 2.24) is 15.4 Å². The van der Waals surface area contributed by atoms with Crippen molar-refractivity contribution in [1.29, 1.82) is 0 Å². The summed E-state index contributed by atoms with van der Waals surface area (Å²) in [6.45, 7) is 0. The van der Waals surface area contributed by atoms with E-state index in [9.17, 15) is 4.79 Å². The zero-order valence-corrected chi connectivity index (χ0v) is 6.67. The Labute approximate surface area is 73.1 Å². The molecule has 12 heavy (non-hydrogen) atoms. The Bertz CT molecular complexity index is 271. The number of nitrogens with two attached hydrogens (primary N) is 1. The quantitative estimate of drug-likeness (QED) is 0.346. The molecular formula is C5H6ClN5O. The molecule has 1 amide bonds. The number of carbonyl (C=O) groups excluding carboxylic acids is 1. The maximum atomic E-state index is 9.90. The van der Waals surface area contributed by atoms with Crippen molar-refractivity contribution in [2.75, 3.05) is 11.2 Å². The molecule has 0 saturated carbocycles. The van der Waals surface area contributed by atoms with Crippen LogP contribution in [0, 0.1) is 0 Å². The number of rotatable bonds is 3. The second-order valence-electron chi connectivity index (χ2n) is 1.81. The topological polar surface area (TPSA) is 92.9 Å². The largest absolute Gasteiger partial charge is 0.382 e. The highest BCUT2D eigenvalue weighted by molar-refractivity contribution is 6.32. The first kappa shape index (κ1) is 8.54. The monoisotopic (exact) mass is 187 g/mol. The fourth-order valence-electron chi connectivity index (χ4n) is 0.594. The first-order chi connectivity index (χ1) is 5.75. The summed E-state index contributed by atoms with van der Waals surface area (Å²) >= 11 is 5.62. The maximum Gasteiger partial charge on any atom is 0.225 e. The molecule has 0 bridgehead atoms. The average Bonchev–Trinajstić information content (AvgIpc) is 2.04. The molecule has 0 unspecified atom stereocenters. The van der Waals surface area contributed by atoms with Gasteiger partial charge in [-0.2, -0.15) is 0 Å². The lowest BCUT2D eigenvalue weighted by molar-refractivity contribution is -0.109. The van der Waals surface area contributed by atoms with Crippen LogP contribution in [0.2, 0.25) is 5.15 Å². The maximum absolute atomic E-state index is 9.90. The third kappa shape index (κ3) is 1.73. The number of aromatic nitrogens is 2. The van der Waals surface area contributed by atoms with Crippen molar-refractivity contribution >= 4 is 29.5 Å². The number of amides is 1. The van der Waals surface area contributed by atoms with E-state index in [1.165, 1.54) is 6.33 Å². The Balaban J connectivity index is 2.88. The summed E-state index contributed by atoms with van der Waals surface area (Å²) in [4.78, 5) is 17.2. The molecule has 7 heteroatoms. The van der Waals surface area contributed by atoms with Crippen molar-refractivity contribution < 1.29 is 4.79 Å². The predicted octanol–water partition coefficient (Wildman–Crippen LogP) is -0.215. The summed E-state index contributed by atoms with van der Waals surface area (Å²) in [6.07, 6.45) is 1.67. The molecule has 0 saturated heterocycles. The Morgan fingerprint density at radius 2 is 2.33 bits per heavy atom. The van der Waals surface area contributed by atoms with Crippen LogP contribution in [0.3, 0.4) is 0 Å². The second kappa shape index (κ2) is 3.72. The molecule has 0 aliphatic rings. The lowest BCUT2D eigenvalue weighted by Gasteiger charge is -2.06.